The van der Waals surface area contributed by atoms with Gasteiger partial charge in [0.25, 0.3) is 15.6 Å². The van der Waals surface area contributed by atoms with Crippen LogP contribution in [0, 0.1) is 0 Å². The Balaban J connectivity index is 2.04. The monoisotopic (exact) mass is 423 g/mol. The summed E-state index contributed by atoms with van der Waals surface area (Å²) in [5.41, 5.74) is -1.78. The van der Waals surface area contributed by atoms with Crippen LogP contribution in [0.5, 0.6) is 0 Å². The molecule has 2 aromatic heterocycles. The highest BCUT2D eigenvalue weighted by molar-refractivity contribution is 7.91. The third kappa shape index (κ3) is 5.17. The summed E-state index contributed by atoms with van der Waals surface area (Å²) in [6, 6.07) is 4.32. The number of alkyl halides is 3. The van der Waals surface area contributed by atoms with Crippen LogP contribution in [0.15, 0.2) is 39.5 Å². The molecule has 1 N–H and O–H groups in total. The van der Waals surface area contributed by atoms with E-state index in [0.717, 1.165) is 21.7 Å². The summed E-state index contributed by atoms with van der Waals surface area (Å²) in [7, 11) is -0.796. The average molecular weight is 423 g/mol. The minimum Gasteiger partial charge on any atom is -0.350 e. The molecule has 148 valence electrons. The molecule has 0 saturated carbocycles. The third-order valence-corrected chi connectivity index (χ3v) is 6.82. The van der Waals surface area contributed by atoms with Crippen molar-refractivity contribution in [3.05, 3.63) is 51.3 Å². The van der Waals surface area contributed by atoms with Gasteiger partial charge in [0.15, 0.2) is 0 Å². The minimum absolute atomic E-state index is 0.0137. The summed E-state index contributed by atoms with van der Waals surface area (Å²) in [6.45, 7) is -0.600. The van der Waals surface area contributed by atoms with Crippen LogP contribution in [0.1, 0.15) is 10.4 Å². The molecular formula is C15H16F3N3O4S2. The number of nitrogens with one attached hydrogen (secondary N) is 1. The number of hydrogen-bond donors (Lipinski definition) is 1. The summed E-state index contributed by atoms with van der Waals surface area (Å²) in [4.78, 5) is 24.1. The molecule has 2 aromatic rings. The molecule has 0 aliphatic heterocycles. The van der Waals surface area contributed by atoms with E-state index < -0.39 is 39.8 Å². The van der Waals surface area contributed by atoms with E-state index in [2.05, 4.69) is 5.32 Å². The van der Waals surface area contributed by atoms with Gasteiger partial charge in [0.05, 0.1) is 12.1 Å². The molecule has 2 heterocycles. The first-order chi connectivity index (χ1) is 12.4. The molecule has 0 aliphatic carbocycles. The quantitative estimate of drug-likeness (QED) is 0.763. The lowest BCUT2D eigenvalue weighted by Crippen LogP contribution is -2.32. The van der Waals surface area contributed by atoms with E-state index in [0.29, 0.717) is 21.7 Å². The van der Waals surface area contributed by atoms with Gasteiger partial charge >= 0.3 is 6.18 Å². The second-order valence-electron chi connectivity index (χ2n) is 5.67. The van der Waals surface area contributed by atoms with Crippen LogP contribution in [0.3, 0.4) is 0 Å². The molecule has 0 bridgehead atoms. The molecule has 12 heteroatoms. The molecule has 7 nitrogen and oxygen atoms in total. The number of aromatic nitrogens is 1. The highest BCUT2D eigenvalue weighted by atomic mass is 32.2. The summed E-state index contributed by atoms with van der Waals surface area (Å²) < 4.78 is 63.9. The summed E-state index contributed by atoms with van der Waals surface area (Å²) in [5, 5.41) is 2.45. The van der Waals surface area contributed by atoms with Crippen molar-refractivity contribution in [2.45, 2.75) is 23.5 Å². The molecule has 1 amide bonds. The minimum atomic E-state index is -4.63. The van der Waals surface area contributed by atoms with E-state index in [9.17, 15) is 31.2 Å². The molecule has 0 aromatic carbocycles. The van der Waals surface area contributed by atoms with E-state index in [-0.39, 0.29) is 10.8 Å². The molecule has 0 atom stereocenters. The lowest BCUT2D eigenvalue weighted by Gasteiger charge is -2.10. The third-order valence-electron chi connectivity index (χ3n) is 3.46. The van der Waals surface area contributed by atoms with Gasteiger partial charge in [0.2, 0.25) is 5.91 Å². The summed E-state index contributed by atoms with van der Waals surface area (Å²) in [5.74, 6) is -0.679. The molecule has 0 fully saturated rings. The van der Waals surface area contributed by atoms with Gasteiger partial charge in [-0.3, -0.25) is 9.59 Å². The van der Waals surface area contributed by atoms with Crippen LogP contribution in [-0.2, 0) is 34.1 Å². The standard InChI is InChI=1S/C15H16F3N3O4S2/c1-20(2)27(24,25)14-6-4-11(26-14)7-19-12(22)9-21-8-10(15(16,17)18)3-5-13(21)23/h3-6,8H,7,9H2,1-2H3,(H,19,22). The van der Waals surface area contributed by atoms with Crippen LogP contribution < -0.4 is 10.9 Å². The molecule has 0 saturated heterocycles. The number of halogens is 3. The van der Waals surface area contributed by atoms with Crippen molar-refractivity contribution < 1.29 is 26.4 Å². The number of hydrogen-bond acceptors (Lipinski definition) is 5. The molecule has 2 rings (SSSR count). The van der Waals surface area contributed by atoms with Crippen molar-refractivity contribution in [2.75, 3.05) is 14.1 Å². The van der Waals surface area contributed by atoms with Crippen molar-refractivity contribution in [1.29, 1.82) is 0 Å². The lowest BCUT2D eigenvalue weighted by molar-refractivity contribution is -0.138. The zero-order chi connectivity index (χ0) is 20.4. The molecule has 27 heavy (non-hydrogen) atoms. The Bertz CT molecular complexity index is 994. The first kappa shape index (κ1) is 21.1. The Hall–Kier alpha value is -2.18. The van der Waals surface area contributed by atoms with Gasteiger partial charge in [-0.05, 0) is 18.2 Å². The second kappa shape index (κ2) is 7.82. The number of amides is 1. The van der Waals surface area contributed by atoms with Crippen molar-refractivity contribution in [3.8, 4) is 0 Å². The topological polar surface area (TPSA) is 88.5 Å². The predicted molar refractivity (Wildman–Crippen MR) is 92.7 cm³/mol. The Morgan fingerprint density at radius 1 is 1.22 bits per heavy atom. The van der Waals surface area contributed by atoms with E-state index in [4.69, 9.17) is 0 Å². The Kier molecular flexibility index (Phi) is 6.12. The fraction of sp³-hybridized carbons (Fsp3) is 0.333. The van der Waals surface area contributed by atoms with Crippen LogP contribution in [0.4, 0.5) is 13.2 Å². The number of rotatable bonds is 6. The van der Waals surface area contributed by atoms with Crippen LogP contribution >= 0.6 is 11.3 Å². The lowest BCUT2D eigenvalue weighted by atomic mass is 10.3. The molecule has 0 spiro atoms. The number of pyridine rings is 1. The second-order valence-corrected chi connectivity index (χ2v) is 9.21. The zero-order valence-corrected chi connectivity index (χ0v) is 15.9. The van der Waals surface area contributed by atoms with E-state index in [1.54, 1.807) is 0 Å². The number of nitrogens with zero attached hydrogens (tertiary/aromatic N) is 2. The number of thiophene rings is 1. The smallest absolute Gasteiger partial charge is 0.350 e. The van der Waals surface area contributed by atoms with E-state index in [1.165, 1.54) is 26.2 Å². The average Bonchev–Trinajstić information content (AvgIpc) is 3.03. The predicted octanol–water partition coefficient (Wildman–Crippen LogP) is 1.50. The van der Waals surface area contributed by atoms with Crippen LogP contribution in [0.25, 0.3) is 0 Å². The Labute approximate surface area is 157 Å². The Morgan fingerprint density at radius 3 is 2.48 bits per heavy atom. The van der Waals surface area contributed by atoms with Gasteiger partial charge in [-0.15, -0.1) is 11.3 Å². The first-order valence-electron chi connectivity index (χ1n) is 7.47. The number of sulfonamides is 1. The van der Waals surface area contributed by atoms with E-state index >= 15 is 0 Å². The number of carbonyl (C=O) groups excluding carboxylic acids is 1. The molecular weight excluding hydrogens is 407 g/mol. The van der Waals surface area contributed by atoms with Gasteiger partial charge in [-0.25, -0.2) is 12.7 Å². The maximum absolute atomic E-state index is 12.7. The maximum Gasteiger partial charge on any atom is 0.417 e. The SMILES string of the molecule is CN(C)S(=O)(=O)c1ccc(CNC(=O)Cn2cc(C(F)(F)F)ccc2=O)s1. The highest BCUT2D eigenvalue weighted by Gasteiger charge is 2.31. The molecule has 0 radical (unpaired) electrons. The normalized spacial score (nSPS) is 12.4. The maximum atomic E-state index is 12.7. The van der Waals surface area contributed by atoms with Crippen molar-refractivity contribution in [2.24, 2.45) is 0 Å². The van der Waals surface area contributed by atoms with Crippen molar-refractivity contribution in [3.63, 3.8) is 0 Å². The van der Waals surface area contributed by atoms with Crippen molar-refractivity contribution >= 4 is 27.3 Å². The van der Waals surface area contributed by atoms with Gasteiger partial charge < -0.3 is 9.88 Å². The number of carbonyl (C=O) groups is 1. The first-order valence-corrected chi connectivity index (χ1v) is 9.72. The summed E-state index contributed by atoms with van der Waals surface area (Å²) in [6.07, 6.45) is -4.05. The molecule has 0 aliphatic rings. The Morgan fingerprint density at radius 2 is 1.89 bits per heavy atom. The fourth-order valence-electron chi connectivity index (χ4n) is 1.99. The van der Waals surface area contributed by atoms with E-state index in [1.807, 2.05) is 0 Å². The zero-order valence-electron chi connectivity index (χ0n) is 14.3. The van der Waals surface area contributed by atoms with Crippen molar-refractivity contribution in [1.82, 2.24) is 14.2 Å². The molecule has 0 unspecified atom stereocenters. The largest absolute Gasteiger partial charge is 0.417 e. The van der Waals surface area contributed by atoms with Crippen LogP contribution in [-0.4, -0.2) is 37.3 Å². The van der Waals surface area contributed by atoms with Gasteiger partial charge in [-0.2, -0.15) is 13.2 Å². The highest BCUT2D eigenvalue weighted by Crippen LogP contribution is 2.28. The summed E-state index contributed by atoms with van der Waals surface area (Å²) >= 11 is 0.964. The van der Waals surface area contributed by atoms with Gasteiger partial charge in [-0.1, -0.05) is 0 Å². The van der Waals surface area contributed by atoms with Crippen LogP contribution in [0.2, 0.25) is 0 Å². The van der Waals surface area contributed by atoms with Gasteiger partial charge in [0.1, 0.15) is 10.8 Å². The van der Waals surface area contributed by atoms with Gasteiger partial charge in [0, 0.05) is 31.2 Å². The fourth-order valence-corrected chi connectivity index (χ4v) is 4.46.